The van der Waals surface area contributed by atoms with Crippen LogP contribution in [0.1, 0.15) is 16.8 Å². The molecule has 0 aliphatic carbocycles. The molecule has 24 heavy (non-hydrogen) atoms. The quantitative estimate of drug-likeness (QED) is 0.551. The number of aromatic nitrogens is 2. The Morgan fingerprint density at radius 1 is 1.33 bits per heavy atom. The number of nitrogens with two attached hydrogens (primary N) is 1. The molecular formula is C15H16N6O3. The number of rotatable bonds is 5. The van der Waals surface area contributed by atoms with Crippen LogP contribution in [0.15, 0.2) is 34.1 Å². The summed E-state index contributed by atoms with van der Waals surface area (Å²) in [5, 5.41) is 15.1. The molecule has 124 valence electrons. The number of fused-ring (bicyclic) bond motifs is 1. The molecule has 1 aliphatic heterocycles. The molecular weight excluding hydrogens is 312 g/mol. The molecule has 0 saturated carbocycles. The smallest absolute Gasteiger partial charge is 0.335 e. The summed E-state index contributed by atoms with van der Waals surface area (Å²) in [4.78, 5) is 33.4. The summed E-state index contributed by atoms with van der Waals surface area (Å²) in [7, 11) is 0. The van der Waals surface area contributed by atoms with Gasteiger partial charge in [-0.15, -0.1) is 0 Å². The number of carboxylic acids is 1. The van der Waals surface area contributed by atoms with E-state index in [2.05, 4.69) is 25.6 Å². The predicted octanol–water partition coefficient (Wildman–Crippen LogP) is 1.05. The molecule has 3 rings (SSSR count). The third-order valence-corrected chi connectivity index (χ3v) is 3.52. The van der Waals surface area contributed by atoms with Crippen LogP contribution < -0.4 is 21.9 Å². The standard InChI is InChI=1S/C15H16N6O3/c16-15-20-12-11(13(22)21-15)19-10(7-18-12)5-6-17-9-3-1-8(2-4-9)14(23)24/h1-4,17H,5-7H2,(H,23,24)(H4,16,18,20,21,22). The second kappa shape index (κ2) is 6.41. The number of nitrogens with one attached hydrogen (secondary N) is 3. The normalized spacial score (nSPS) is 12.8. The number of nitrogens with zero attached hydrogens (tertiary/aromatic N) is 2. The second-order valence-corrected chi connectivity index (χ2v) is 5.24. The van der Waals surface area contributed by atoms with Crippen molar-refractivity contribution < 1.29 is 9.90 Å². The third kappa shape index (κ3) is 3.35. The molecule has 6 N–H and O–H groups in total. The maximum atomic E-state index is 11.8. The summed E-state index contributed by atoms with van der Waals surface area (Å²) in [5.41, 5.74) is 7.22. The van der Waals surface area contributed by atoms with Gasteiger partial charge in [0.2, 0.25) is 5.95 Å². The topological polar surface area (TPSA) is 145 Å². The summed E-state index contributed by atoms with van der Waals surface area (Å²) in [6.07, 6.45) is 0.622. The van der Waals surface area contributed by atoms with Crippen LogP contribution in [-0.4, -0.2) is 39.8 Å². The first kappa shape index (κ1) is 15.5. The van der Waals surface area contributed by atoms with Gasteiger partial charge in [-0.1, -0.05) is 0 Å². The van der Waals surface area contributed by atoms with Gasteiger partial charge in [0.25, 0.3) is 5.56 Å². The molecule has 0 saturated heterocycles. The number of aromatic carboxylic acids is 1. The highest BCUT2D eigenvalue weighted by Gasteiger charge is 2.16. The first-order valence-corrected chi connectivity index (χ1v) is 7.30. The van der Waals surface area contributed by atoms with Gasteiger partial charge in [-0.05, 0) is 24.3 Å². The van der Waals surface area contributed by atoms with Gasteiger partial charge < -0.3 is 21.5 Å². The average Bonchev–Trinajstić information content (AvgIpc) is 2.55. The molecule has 1 aliphatic rings. The zero-order chi connectivity index (χ0) is 17.1. The summed E-state index contributed by atoms with van der Waals surface area (Å²) in [6.45, 7) is 1.09. The maximum Gasteiger partial charge on any atom is 0.335 e. The van der Waals surface area contributed by atoms with E-state index in [0.29, 0.717) is 25.3 Å². The van der Waals surface area contributed by atoms with Gasteiger partial charge >= 0.3 is 5.97 Å². The second-order valence-electron chi connectivity index (χ2n) is 5.24. The lowest BCUT2D eigenvalue weighted by atomic mass is 10.2. The Bertz CT molecular complexity index is 857. The van der Waals surface area contributed by atoms with Crippen molar-refractivity contribution in [2.45, 2.75) is 6.42 Å². The average molecular weight is 328 g/mol. The van der Waals surface area contributed by atoms with Gasteiger partial charge in [-0.2, -0.15) is 4.98 Å². The van der Waals surface area contributed by atoms with E-state index in [9.17, 15) is 9.59 Å². The zero-order valence-electron chi connectivity index (χ0n) is 12.7. The molecule has 2 aromatic rings. The Kier molecular flexibility index (Phi) is 4.15. The summed E-state index contributed by atoms with van der Waals surface area (Å²) >= 11 is 0. The van der Waals surface area contributed by atoms with E-state index in [1.807, 2.05) is 0 Å². The summed E-state index contributed by atoms with van der Waals surface area (Å²) in [6, 6.07) is 6.49. The minimum atomic E-state index is -0.956. The first-order chi connectivity index (χ1) is 11.5. The highest BCUT2D eigenvalue weighted by atomic mass is 16.4. The molecule has 0 atom stereocenters. The van der Waals surface area contributed by atoms with Crippen molar-refractivity contribution in [2.24, 2.45) is 4.99 Å². The number of aliphatic imine (C=N–C) groups is 1. The fourth-order valence-corrected chi connectivity index (χ4v) is 2.32. The van der Waals surface area contributed by atoms with Crippen LogP contribution in [0.2, 0.25) is 0 Å². The van der Waals surface area contributed by atoms with Crippen molar-refractivity contribution >= 4 is 34.8 Å². The van der Waals surface area contributed by atoms with Crippen LogP contribution in [0.25, 0.3) is 0 Å². The molecule has 0 amide bonds. The lowest BCUT2D eigenvalue weighted by Crippen LogP contribution is -2.25. The van der Waals surface area contributed by atoms with Crippen molar-refractivity contribution in [1.29, 1.82) is 0 Å². The molecule has 1 aromatic heterocycles. The van der Waals surface area contributed by atoms with Crippen LogP contribution in [0.4, 0.5) is 23.1 Å². The number of aromatic amines is 1. The van der Waals surface area contributed by atoms with E-state index in [1.54, 1.807) is 12.1 Å². The van der Waals surface area contributed by atoms with Crippen molar-refractivity contribution in [1.82, 2.24) is 9.97 Å². The van der Waals surface area contributed by atoms with Gasteiger partial charge in [0.05, 0.1) is 12.1 Å². The Balaban J connectivity index is 1.62. The first-order valence-electron chi connectivity index (χ1n) is 7.30. The van der Waals surface area contributed by atoms with E-state index in [0.717, 1.165) is 11.4 Å². The Morgan fingerprint density at radius 3 is 2.79 bits per heavy atom. The lowest BCUT2D eigenvalue weighted by Gasteiger charge is -2.16. The Morgan fingerprint density at radius 2 is 2.08 bits per heavy atom. The highest BCUT2D eigenvalue weighted by molar-refractivity contribution is 5.94. The molecule has 0 spiro atoms. The van der Waals surface area contributed by atoms with Crippen LogP contribution in [-0.2, 0) is 0 Å². The van der Waals surface area contributed by atoms with Crippen molar-refractivity contribution in [2.75, 3.05) is 29.5 Å². The molecule has 0 fully saturated rings. The van der Waals surface area contributed by atoms with Crippen molar-refractivity contribution in [3.05, 3.63) is 40.2 Å². The summed E-state index contributed by atoms with van der Waals surface area (Å²) in [5.74, 6) is -0.518. The maximum absolute atomic E-state index is 11.8. The fourth-order valence-electron chi connectivity index (χ4n) is 2.32. The highest BCUT2D eigenvalue weighted by Crippen LogP contribution is 2.22. The van der Waals surface area contributed by atoms with Gasteiger partial charge in [-0.3, -0.25) is 9.78 Å². The number of carbonyl (C=O) groups is 1. The van der Waals surface area contributed by atoms with Crippen molar-refractivity contribution in [3.8, 4) is 0 Å². The van der Waals surface area contributed by atoms with E-state index in [4.69, 9.17) is 10.8 Å². The van der Waals surface area contributed by atoms with Gasteiger partial charge in [-0.25, -0.2) is 9.79 Å². The zero-order valence-corrected chi connectivity index (χ0v) is 12.7. The molecule has 0 radical (unpaired) electrons. The van der Waals surface area contributed by atoms with E-state index < -0.39 is 5.97 Å². The lowest BCUT2D eigenvalue weighted by molar-refractivity contribution is 0.0697. The van der Waals surface area contributed by atoms with Crippen molar-refractivity contribution in [3.63, 3.8) is 0 Å². The molecule has 9 heteroatoms. The number of anilines is 3. The molecule has 9 nitrogen and oxygen atoms in total. The number of hydrogen-bond donors (Lipinski definition) is 5. The number of carboxylic acid groups (broad SMARTS) is 1. The minimum Gasteiger partial charge on any atom is -0.478 e. The molecule has 2 heterocycles. The predicted molar refractivity (Wildman–Crippen MR) is 91.4 cm³/mol. The largest absolute Gasteiger partial charge is 0.478 e. The van der Waals surface area contributed by atoms with E-state index in [-0.39, 0.29) is 22.8 Å². The fraction of sp³-hybridized carbons (Fsp3) is 0.200. The Labute approximate surface area is 136 Å². The molecule has 0 unspecified atom stereocenters. The van der Waals surface area contributed by atoms with Crippen LogP contribution in [0.5, 0.6) is 0 Å². The monoisotopic (exact) mass is 328 g/mol. The summed E-state index contributed by atoms with van der Waals surface area (Å²) < 4.78 is 0. The van der Waals surface area contributed by atoms with E-state index in [1.165, 1.54) is 12.1 Å². The minimum absolute atomic E-state index is 0.0522. The van der Waals surface area contributed by atoms with Crippen LogP contribution >= 0.6 is 0 Å². The van der Waals surface area contributed by atoms with Gasteiger partial charge in [0.1, 0.15) is 0 Å². The molecule has 0 bridgehead atoms. The van der Waals surface area contributed by atoms with Gasteiger partial charge in [0.15, 0.2) is 11.5 Å². The number of H-pyrrole nitrogens is 1. The van der Waals surface area contributed by atoms with Gasteiger partial charge in [0, 0.05) is 24.4 Å². The van der Waals surface area contributed by atoms with Crippen LogP contribution in [0, 0.1) is 0 Å². The van der Waals surface area contributed by atoms with E-state index >= 15 is 0 Å². The third-order valence-electron chi connectivity index (χ3n) is 3.52. The molecule has 1 aromatic carbocycles. The SMILES string of the molecule is Nc1nc2c(c(=O)[nH]1)N=C(CCNc1ccc(C(=O)O)cc1)CN2. The Hall–Kier alpha value is -3.36. The number of nitrogen functional groups attached to an aromatic ring is 1. The number of hydrogen-bond acceptors (Lipinski definition) is 7. The van der Waals surface area contributed by atoms with Crippen LogP contribution in [0.3, 0.4) is 0 Å². The number of benzene rings is 1.